The van der Waals surface area contributed by atoms with Gasteiger partial charge in [-0.25, -0.2) is 0 Å². The second kappa shape index (κ2) is 6.02. The van der Waals surface area contributed by atoms with E-state index in [0.717, 1.165) is 19.5 Å². The summed E-state index contributed by atoms with van der Waals surface area (Å²) < 4.78 is 2.00. The van der Waals surface area contributed by atoms with Crippen LogP contribution >= 0.6 is 0 Å². The Kier molecular flexibility index (Phi) is 3.94. The number of aryl methyl sites for hydroxylation is 2. The summed E-state index contributed by atoms with van der Waals surface area (Å²) in [5.74, 6) is 0. The quantitative estimate of drug-likeness (QED) is 0.832. The van der Waals surface area contributed by atoms with E-state index in [9.17, 15) is 0 Å². The largest absolute Gasteiger partial charge is 0.314 e. The first-order valence-electron chi connectivity index (χ1n) is 7.19. The fourth-order valence-electron chi connectivity index (χ4n) is 2.85. The van der Waals surface area contributed by atoms with Crippen molar-refractivity contribution in [2.75, 3.05) is 6.54 Å². The fourth-order valence-corrected chi connectivity index (χ4v) is 2.85. The van der Waals surface area contributed by atoms with Gasteiger partial charge in [0.15, 0.2) is 0 Å². The van der Waals surface area contributed by atoms with Crippen molar-refractivity contribution in [3.63, 3.8) is 0 Å². The predicted molar refractivity (Wildman–Crippen MR) is 77.1 cm³/mol. The molecule has 1 aromatic carbocycles. The molecule has 1 aromatic heterocycles. The third-order valence-electron chi connectivity index (χ3n) is 3.90. The zero-order chi connectivity index (χ0) is 12.9. The Hall–Kier alpha value is -1.61. The monoisotopic (exact) mass is 255 g/mol. The van der Waals surface area contributed by atoms with Crippen LogP contribution in [0.3, 0.4) is 0 Å². The lowest BCUT2D eigenvalue weighted by atomic mass is 9.88. The molecule has 0 amide bonds. The van der Waals surface area contributed by atoms with E-state index in [4.69, 9.17) is 0 Å². The topological polar surface area (TPSA) is 29.9 Å². The SMILES string of the molecule is c1ccc2c(c1)CCC(NCCCn1cccn1)C2. The van der Waals surface area contributed by atoms with Crippen LogP contribution < -0.4 is 5.32 Å². The summed E-state index contributed by atoms with van der Waals surface area (Å²) in [6.07, 6.45) is 8.66. The summed E-state index contributed by atoms with van der Waals surface area (Å²) in [6.45, 7) is 2.08. The van der Waals surface area contributed by atoms with Gasteiger partial charge in [0, 0.05) is 25.0 Å². The van der Waals surface area contributed by atoms with Crippen LogP contribution in [0.4, 0.5) is 0 Å². The van der Waals surface area contributed by atoms with Crippen molar-refractivity contribution in [3.05, 3.63) is 53.9 Å². The van der Waals surface area contributed by atoms with Crippen molar-refractivity contribution in [2.24, 2.45) is 0 Å². The van der Waals surface area contributed by atoms with Gasteiger partial charge in [-0.1, -0.05) is 24.3 Å². The maximum atomic E-state index is 4.22. The highest BCUT2D eigenvalue weighted by molar-refractivity contribution is 5.30. The minimum absolute atomic E-state index is 0.646. The number of hydrogen-bond acceptors (Lipinski definition) is 2. The molecule has 1 heterocycles. The first kappa shape index (κ1) is 12.4. The van der Waals surface area contributed by atoms with E-state index in [1.165, 1.54) is 30.4 Å². The second-order valence-corrected chi connectivity index (χ2v) is 5.29. The first-order valence-corrected chi connectivity index (χ1v) is 7.19. The lowest BCUT2D eigenvalue weighted by Gasteiger charge is -2.25. The Morgan fingerprint density at radius 2 is 2.11 bits per heavy atom. The molecule has 0 fully saturated rings. The highest BCUT2D eigenvalue weighted by atomic mass is 15.3. The molecule has 1 atom stereocenters. The second-order valence-electron chi connectivity index (χ2n) is 5.29. The van der Waals surface area contributed by atoms with Crippen molar-refractivity contribution in [1.82, 2.24) is 15.1 Å². The molecule has 1 aliphatic carbocycles. The molecule has 3 heteroatoms. The Labute approximate surface area is 114 Å². The molecule has 100 valence electrons. The number of rotatable bonds is 5. The van der Waals surface area contributed by atoms with Crippen LogP contribution in [0.1, 0.15) is 24.0 Å². The molecule has 19 heavy (non-hydrogen) atoms. The van der Waals surface area contributed by atoms with Crippen LogP contribution in [0, 0.1) is 0 Å². The Morgan fingerprint density at radius 3 is 2.95 bits per heavy atom. The number of nitrogens with zero attached hydrogens (tertiary/aromatic N) is 2. The van der Waals surface area contributed by atoms with E-state index in [0.29, 0.717) is 6.04 Å². The summed E-state index contributed by atoms with van der Waals surface area (Å²) in [4.78, 5) is 0. The summed E-state index contributed by atoms with van der Waals surface area (Å²) in [5, 5.41) is 7.90. The highest BCUT2D eigenvalue weighted by Gasteiger charge is 2.16. The molecule has 3 rings (SSSR count). The van der Waals surface area contributed by atoms with Gasteiger partial charge in [0.25, 0.3) is 0 Å². The molecule has 1 unspecified atom stereocenters. The molecule has 0 bridgehead atoms. The van der Waals surface area contributed by atoms with Gasteiger partial charge in [-0.15, -0.1) is 0 Å². The minimum Gasteiger partial charge on any atom is -0.314 e. The smallest absolute Gasteiger partial charge is 0.0489 e. The van der Waals surface area contributed by atoms with Crippen molar-refractivity contribution in [1.29, 1.82) is 0 Å². The molecule has 0 saturated heterocycles. The van der Waals surface area contributed by atoms with E-state index < -0.39 is 0 Å². The summed E-state index contributed by atoms with van der Waals surface area (Å²) in [5.41, 5.74) is 3.07. The molecule has 0 spiro atoms. The van der Waals surface area contributed by atoms with Gasteiger partial charge in [0.05, 0.1) is 0 Å². The Morgan fingerprint density at radius 1 is 1.21 bits per heavy atom. The third-order valence-corrected chi connectivity index (χ3v) is 3.90. The van der Waals surface area contributed by atoms with E-state index in [1.807, 2.05) is 23.1 Å². The molecule has 0 aliphatic heterocycles. The summed E-state index contributed by atoms with van der Waals surface area (Å²) >= 11 is 0. The Balaban J connectivity index is 1.42. The summed E-state index contributed by atoms with van der Waals surface area (Å²) in [7, 11) is 0. The molecule has 1 N–H and O–H groups in total. The van der Waals surface area contributed by atoms with Crippen LogP contribution in [0.5, 0.6) is 0 Å². The van der Waals surface area contributed by atoms with E-state index in [1.54, 1.807) is 0 Å². The van der Waals surface area contributed by atoms with Crippen LogP contribution in [0.25, 0.3) is 0 Å². The molecular formula is C16H21N3. The van der Waals surface area contributed by atoms with Gasteiger partial charge in [-0.3, -0.25) is 4.68 Å². The molecule has 1 aliphatic rings. The average Bonchev–Trinajstić information content (AvgIpc) is 2.97. The van der Waals surface area contributed by atoms with Crippen LogP contribution in [-0.2, 0) is 19.4 Å². The Bertz CT molecular complexity index is 504. The lowest BCUT2D eigenvalue weighted by molar-refractivity contribution is 0.439. The predicted octanol–water partition coefficient (Wildman–Crippen LogP) is 2.42. The molecule has 0 saturated carbocycles. The van der Waals surface area contributed by atoms with Gasteiger partial charge in [-0.05, 0) is 49.4 Å². The van der Waals surface area contributed by atoms with Crippen molar-refractivity contribution in [2.45, 2.75) is 38.3 Å². The fraction of sp³-hybridized carbons (Fsp3) is 0.438. The number of fused-ring (bicyclic) bond motifs is 1. The summed E-state index contributed by atoms with van der Waals surface area (Å²) in [6, 6.07) is 11.5. The van der Waals surface area contributed by atoms with E-state index in [2.05, 4.69) is 34.7 Å². The number of hydrogen-bond donors (Lipinski definition) is 1. The van der Waals surface area contributed by atoms with Crippen LogP contribution in [-0.4, -0.2) is 22.4 Å². The average molecular weight is 255 g/mol. The molecular weight excluding hydrogens is 234 g/mol. The van der Waals surface area contributed by atoms with Crippen LogP contribution in [0.15, 0.2) is 42.7 Å². The standard InChI is InChI=1S/C16H21N3/c1-2-6-15-13-16(8-7-14(15)5-1)17-9-3-11-19-12-4-10-18-19/h1-2,4-6,10,12,16-17H,3,7-9,11,13H2. The molecule has 2 aromatic rings. The van der Waals surface area contributed by atoms with Gasteiger partial charge in [0.2, 0.25) is 0 Å². The van der Waals surface area contributed by atoms with Crippen molar-refractivity contribution in [3.8, 4) is 0 Å². The zero-order valence-electron chi connectivity index (χ0n) is 11.3. The number of aromatic nitrogens is 2. The van der Waals surface area contributed by atoms with E-state index in [-0.39, 0.29) is 0 Å². The molecule has 3 nitrogen and oxygen atoms in total. The van der Waals surface area contributed by atoms with Gasteiger partial charge < -0.3 is 5.32 Å². The maximum Gasteiger partial charge on any atom is 0.0489 e. The third kappa shape index (κ3) is 3.24. The van der Waals surface area contributed by atoms with Gasteiger partial charge in [0.1, 0.15) is 0 Å². The molecule has 0 radical (unpaired) electrons. The van der Waals surface area contributed by atoms with Crippen molar-refractivity contribution >= 4 is 0 Å². The minimum atomic E-state index is 0.646. The van der Waals surface area contributed by atoms with Crippen LogP contribution in [0.2, 0.25) is 0 Å². The highest BCUT2D eigenvalue weighted by Crippen LogP contribution is 2.20. The van der Waals surface area contributed by atoms with E-state index >= 15 is 0 Å². The zero-order valence-corrected chi connectivity index (χ0v) is 11.3. The van der Waals surface area contributed by atoms with Crippen molar-refractivity contribution < 1.29 is 0 Å². The number of nitrogens with one attached hydrogen (secondary N) is 1. The first-order chi connectivity index (χ1) is 9.42. The van der Waals surface area contributed by atoms with Gasteiger partial charge >= 0.3 is 0 Å². The lowest BCUT2D eigenvalue weighted by Crippen LogP contribution is -2.35. The normalized spacial score (nSPS) is 18.2. The van der Waals surface area contributed by atoms with Gasteiger partial charge in [-0.2, -0.15) is 5.10 Å². The number of benzene rings is 1. The maximum absolute atomic E-state index is 4.22.